The maximum atomic E-state index is 14.3. The highest BCUT2D eigenvalue weighted by Crippen LogP contribution is 2.34. The van der Waals surface area contributed by atoms with Crippen molar-refractivity contribution in [2.24, 2.45) is 0 Å². The first-order valence-corrected chi connectivity index (χ1v) is 13.5. The third-order valence-corrected chi connectivity index (χ3v) is 7.78. The van der Waals surface area contributed by atoms with Crippen molar-refractivity contribution in [3.8, 4) is 6.19 Å². The molecule has 1 aromatic heterocycles. The van der Waals surface area contributed by atoms with Gasteiger partial charge in [-0.25, -0.2) is 0 Å². The van der Waals surface area contributed by atoms with E-state index in [0.717, 1.165) is 37.7 Å². The second-order valence-corrected chi connectivity index (χ2v) is 11.5. The second kappa shape index (κ2) is 11.3. The van der Waals surface area contributed by atoms with Crippen molar-refractivity contribution in [3.63, 3.8) is 0 Å². The van der Waals surface area contributed by atoms with Crippen LogP contribution in [0.15, 0.2) is 48.8 Å². The first kappa shape index (κ1) is 26.7. The van der Waals surface area contributed by atoms with Gasteiger partial charge in [0.2, 0.25) is 5.91 Å². The Kier molecular flexibility index (Phi) is 8.16. The van der Waals surface area contributed by atoms with Gasteiger partial charge in [0.25, 0.3) is 5.91 Å². The molecule has 7 heteroatoms. The van der Waals surface area contributed by atoms with Gasteiger partial charge in [0, 0.05) is 35.7 Å². The zero-order chi connectivity index (χ0) is 26.6. The van der Waals surface area contributed by atoms with Crippen molar-refractivity contribution in [2.75, 3.05) is 4.90 Å². The van der Waals surface area contributed by atoms with Crippen LogP contribution in [0.5, 0.6) is 0 Å². The smallest absolute Gasteiger partial charge is 0.251 e. The molecule has 37 heavy (non-hydrogen) atoms. The number of hydrogen-bond acceptors (Lipinski definition) is 5. The molecule has 0 spiro atoms. The molecule has 1 aliphatic heterocycles. The van der Waals surface area contributed by atoms with E-state index in [1.165, 1.54) is 6.42 Å². The van der Waals surface area contributed by atoms with Gasteiger partial charge in [-0.15, -0.1) is 0 Å². The molecule has 7 nitrogen and oxygen atoms in total. The van der Waals surface area contributed by atoms with Crippen LogP contribution in [0.25, 0.3) is 0 Å². The summed E-state index contributed by atoms with van der Waals surface area (Å²) in [5, 5.41) is 13.1. The van der Waals surface area contributed by atoms with E-state index in [-0.39, 0.29) is 29.3 Å². The summed E-state index contributed by atoms with van der Waals surface area (Å²) in [4.78, 5) is 35.7. The van der Waals surface area contributed by atoms with E-state index in [1.54, 1.807) is 28.3 Å². The number of anilines is 1. The molecule has 1 saturated carbocycles. The van der Waals surface area contributed by atoms with Crippen LogP contribution in [0.4, 0.5) is 5.69 Å². The molecule has 2 aliphatic rings. The van der Waals surface area contributed by atoms with Crippen LogP contribution in [0.3, 0.4) is 0 Å². The SMILES string of the molecule is C[C@H]1CC[C@H](C(=O)N(c2ccc(C(C)(C)C)cc2)[C@@H](C(=O)NC2CCCCC2)c2cccnc2)N1C#N. The number of hydrogen-bond donors (Lipinski definition) is 1. The first-order valence-electron chi connectivity index (χ1n) is 13.5. The third-order valence-electron chi connectivity index (χ3n) is 7.78. The highest BCUT2D eigenvalue weighted by Gasteiger charge is 2.42. The third kappa shape index (κ3) is 5.95. The van der Waals surface area contributed by atoms with Crippen molar-refractivity contribution < 1.29 is 9.59 Å². The average Bonchev–Trinajstić information content (AvgIpc) is 3.27. The number of carbonyl (C=O) groups excluding carboxylic acids is 2. The fourth-order valence-electron chi connectivity index (χ4n) is 5.56. The summed E-state index contributed by atoms with van der Waals surface area (Å²) in [6.45, 7) is 8.40. The number of amides is 2. The summed E-state index contributed by atoms with van der Waals surface area (Å²) in [7, 11) is 0. The molecule has 1 aliphatic carbocycles. The van der Waals surface area contributed by atoms with Gasteiger partial charge in [-0.2, -0.15) is 5.26 Å². The number of likely N-dealkylation sites (tertiary alicyclic amines) is 1. The Morgan fingerprint density at radius 2 is 1.78 bits per heavy atom. The minimum Gasteiger partial charge on any atom is -0.351 e. The minimum atomic E-state index is -0.889. The molecule has 0 bridgehead atoms. The van der Waals surface area contributed by atoms with Crippen molar-refractivity contribution in [3.05, 3.63) is 59.9 Å². The maximum absolute atomic E-state index is 14.3. The highest BCUT2D eigenvalue weighted by atomic mass is 16.2. The number of rotatable bonds is 6. The molecule has 0 radical (unpaired) electrons. The standard InChI is InChI=1S/C30H39N5O2/c1-21-12-17-26(34(21)20-31)29(37)35(25-15-13-23(14-16-25)30(2,3)4)27(22-9-8-18-32-19-22)28(36)33-24-10-6-5-7-11-24/h8-9,13-16,18-19,21,24,26-27H,5-7,10-12,17H2,1-4H3,(H,33,36)/t21-,26+,27+/m0/s1. The number of benzene rings is 1. The predicted octanol–water partition coefficient (Wildman–Crippen LogP) is 5.24. The zero-order valence-corrected chi connectivity index (χ0v) is 22.5. The van der Waals surface area contributed by atoms with E-state index in [0.29, 0.717) is 17.7 Å². The number of nitrogens with zero attached hydrogens (tertiary/aromatic N) is 4. The van der Waals surface area contributed by atoms with Crippen LogP contribution in [0.1, 0.15) is 89.8 Å². The van der Waals surface area contributed by atoms with Crippen LogP contribution in [0.2, 0.25) is 0 Å². The fraction of sp³-hybridized carbons (Fsp3) is 0.533. The van der Waals surface area contributed by atoms with E-state index < -0.39 is 12.1 Å². The molecule has 4 rings (SSSR count). The Morgan fingerprint density at radius 1 is 1.08 bits per heavy atom. The molecule has 196 valence electrons. The molecule has 1 aromatic carbocycles. The average molecular weight is 502 g/mol. The van der Waals surface area contributed by atoms with Crippen molar-refractivity contribution in [1.29, 1.82) is 5.26 Å². The lowest BCUT2D eigenvalue weighted by atomic mass is 9.87. The molecule has 2 amide bonds. The summed E-state index contributed by atoms with van der Waals surface area (Å²) in [5.41, 5.74) is 2.38. The predicted molar refractivity (Wildman–Crippen MR) is 145 cm³/mol. The van der Waals surface area contributed by atoms with Gasteiger partial charge in [0.05, 0.1) is 0 Å². The lowest BCUT2D eigenvalue weighted by molar-refractivity contribution is -0.128. The van der Waals surface area contributed by atoms with E-state index in [9.17, 15) is 14.9 Å². The van der Waals surface area contributed by atoms with Gasteiger partial charge < -0.3 is 5.32 Å². The number of carbonyl (C=O) groups is 2. The van der Waals surface area contributed by atoms with Crippen molar-refractivity contribution in [1.82, 2.24) is 15.2 Å². The summed E-state index contributed by atoms with van der Waals surface area (Å²) in [6, 6.07) is 10.1. The number of aromatic nitrogens is 1. The van der Waals surface area contributed by atoms with Crippen LogP contribution < -0.4 is 10.2 Å². The van der Waals surface area contributed by atoms with Gasteiger partial charge in [0.1, 0.15) is 12.1 Å². The second-order valence-electron chi connectivity index (χ2n) is 11.5. The minimum absolute atomic E-state index is 0.0167. The van der Waals surface area contributed by atoms with Gasteiger partial charge in [-0.05, 0) is 61.8 Å². The number of pyridine rings is 1. The molecular formula is C30H39N5O2. The molecule has 2 fully saturated rings. The largest absolute Gasteiger partial charge is 0.351 e. The molecule has 0 unspecified atom stereocenters. The fourth-order valence-corrected chi connectivity index (χ4v) is 5.56. The maximum Gasteiger partial charge on any atom is 0.251 e. The Labute approximate surface area is 220 Å². The van der Waals surface area contributed by atoms with Crippen LogP contribution in [-0.4, -0.2) is 39.8 Å². The summed E-state index contributed by atoms with van der Waals surface area (Å²) in [5.74, 6) is -0.440. The Hall–Kier alpha value is -3.40. The summed E-state index contributed by atoms with van der Waals surface area (Å²) >= 11 is 0. The molecule has 3 atom stereocenters. The Bertz CT molecular complexity index is 1110. The van der Waals surface area contributed by atoms with Gasteiger partial charge in [-0.1, -0.05) is 58.2 Å². The number of nitrogens with one attached hydrogen (secondary N) is 1. The lowest BCUT2D eigenvalue weighted by Gasteiger charge is -2.36. The number of nitriles is 1. The van der Waals surface area contributed by atoms with Crippen LogP contribution in [-0.2, 0) is 15.0 Å². The van der Waals surface area contributed by atoms with E-state index in [4.69, 9.17) is 0 Å². The Morgan fingerprint density at radius 3 is 2.38 bits per heavy atom. The molecular weight excluding hydrogens is 462 g/mol. The molecule has 2 aromatic rings. The normalized spacial score (nSPS) is 21.2. The van der Waals surface area contributed by atoms with E-state index >= 15 is 0 Å². The van der Waals surface area contributed by atoms with Gasteiger partial charge >= 0.3 is 0 Å². The Balaban J connectivity index is 1.78. The van der Waals surface area contributed by atoms with Crippen LogP contribution in [0, 0.1) is 11.5 Å². The van der Waals surface area contributed by atoms with E-state index in [2.05, 4.69) is 37.3 Å². The highest BCUT2D eigenvalue weighted by molar-refractivity contribution is 6.04. The first-order chi connectivity index (χ1) is 17.7. The van der Waals surface area contributed by atoms with Gasteiger partial charge in [0.15, 0.2) is 6.19 Å². The van der Waals surface area contributed by atoms with Crippen LogP contribution >= 0.6 is 0 Å². The topological polar surface area (TPSA) is 89.3 Å². The van der Waals surface area contributed by atoms with Crippen molar-refractivity contribution >= 4 is 17.5 Å². The molecule has 1 N–H and O–H groups in total. The zero-order valence-electron chi connectivity index (χ0n) is 22.5. The molecule has 1 saturated heterocycles. The lowest BCUT2D eigenvalue weighted by Crippen LogP contribution is -2.52. The van der Waals surface area contributed by atoms with Crippen molar-refractivity contribution in [2.45, 2.75) is 102 Å². The summed E-state index contributed by atoms with van der Waals surface area (Å²) in [6.07, 6.45) is 12.2. The monoisotopic (exact) mass is 501 g/mol. The molecule has 2 heterocycles. The van der Waals surface area contributed by atoms with Gasteiger partial charge in [-0.3, -0.25) is 24.4 Å². The quantitative estimate of drug-likeness (QED) is 0.547. The van der Waals surface area contributed by atoms with E-state index in [1.807, 2.05) is 37.3 Å². The summed E-state index contributed by atoms with van der Waals surface area (Å²) < 4.78 is 0.